The maximum Gasteiger partial charge on any atom is 0.266 e. The zero-order chi connectivity index (χ0) is 15.7. The Hall–Kier alpha value is -2.14. The van der Waals surface area contributed by atoms with E-state index in [4.69, 9.17) is 5.73 Å². The number of Topliss-reactive ketones (excluding diaryl/α,β-unsaturated/α-hetero) is 1. The van der Waals surface area contributed by atoms with Crippen molar-refractivity contribution in [3.05, 3.63) is 45.3 Å². The van der Waals surface area contributed by atoms with Gasteiger partial charge in [-0.15, -0.1) is 11.3 Å². The molecule has 1 aromatic carbocycles. The summed E-state index contributed by atoms with van der Waals surface area (Å²) in [6.45, 7) is 7.15. The number of carbonyl (C=O) groups is 2. The number of carbonyl (C=O) groups excluding carboxylic acids is 2. The largest absolute Gasteiger partial charge is 0.390 e. The molecule has 0 aliphatic rings. The summed E-state index contributed by atoms with van der Waals surface area (Å²) >= 11 is 1.15. The molecule has 0 atom stereocenters. The summed E-state index contributed by atoms with van der Waals surface area (Å²) in [7, 11) is 0. The SMILES string of the molecule is CC(=O)c1c(N)sc(C(=O)Nc2ccc(C)cc2C)c1C. The van der Waals surface area contributed by atoms with Gasteiger partial charge in [-0.25, -0.2) is 0 Å². The second-order valence-electron chi connectivity index (χ2n) is 5.12. The van der Waals surface area contributed by atoms with Crippen molar-refractivity contribution in [2.45, 2.75) is 27.7 Å². The molecule has 0 bridgehead atoms. The second-order valence-corrected chi connectivity index (χ2v) is 6.18. The Labute approximate surface area is 128 Å². The van der Waals surface area contributed by atoms with E-state index in [2.05, 4.69) is 5.32 Å². The first-order valence-corrected chi connectivity index (χ1v) is 7.41. The van der Waals surface area contributed by atoms with Gasteiger partial charge in [-0.05, 0) is 44.9 Å². The summed E-state index contributed by atoms with van der Waals surface area (Å²) < 4.78 is 0. The number of nitrogens with one attached hydrogen (secondary N) is 1. The van der Waals surface area contributed by atoms with E-state index in [-0.39, 0.29) is 11.7 Å². The van der Waals surface area contributed by atoms with Crippen LogP contribution in [0.5, 0.6) is 0 Å². The molecule has 0 saturated carbocycles. The number of thiophene rings is 1. The number of nitrogens with two attached hydrogens (primary N) is 1. The van der Waals surface area contributed by atoms with Crippen LogP contribution in [-0.2, 0) is 0 Å². The van der Waals surface area contributed by atoms with Gasteiger partial charge in [-0.1, -0.05) is 17.7 Å². The summed E-state index contributed by atoms with van der Waals surface area (Å²) in [4.78, 5) is 24.4. The van der Waals surface area contributed by atoms with Crippen LogP contribution in [0.25, 0.3) is 0 Å². The van der Waals surface area contributed by atoms with E-state index >= 15 is 0 Å². The van der Waals surface area contributed by atoms with Crippen molar-refractivity contribution >= 4 is 33.7 Å². The molecule has 21 heavy (non-hydrogen) atoms. The minimum atomic E-state index is -0.233. The second kappa shape index (κ2) is 5.69. The number of hydrogen-bond acceptors (Lipinski definition) is 4. The lowest BCUT2D eigenvalue weighted by Crippen LogP contribution is -2.12. The molecule has 1 heterocycles. The molecule has 4 nitrogen and oxygen atoms in total. The molecule has 2 rings (SSSR count). The first kappa shape index (κ1) is 15.3. The molecule has 1 amide bonds. The predicted octanol–water partition coefficient (Wildman–Crippen LogP) is 3.71. The Morgan fingerprint density at radius 2 is 1.86 bits per heavy atom. The van der Waals surface area contributed by atoms with Crippen LogP contribution < -0.4 is 11.1 Å². The Kier molecular flexibility index (Phi) is 4.14. The Balaban J connectivity index is 2.33. The van der Waals surface area contributed by atoms with Crippen LogP contribution >= 0.6 is 11.3 Å². The van der Waals surface area contributed by atoms with Crippen LogP contribution in [0.1, 0.15) is 43.6 Å². The van der Waals surface area contributed by atoms with Crippen LogP contribution in [0.2, 0.25) is 0 Å². The van der Waals surface area contributed by atoms with E-state index in [1.54, 1.807) is 6.92 Å². The van der Waals surface area contributed by atoms with Gasteiger partial charge < -0.3 is 11.1 Å². The molecule has 0 unspecified atom stereocenters. The fourth-order valence-electron chi connectivity index (χ4n) is 2.32. The zero-order valence-corrected chi connectivity index (χ0v) is 13.4. The fraction of sp³-hybridized carbons (Fsp3) is 0.250. The lowest BCUT2D eigenvalue weighted by atomic mass is 10.1. The number of ketones is 1. The molecular weight excluding hydrogens is 284 g/mol. The topological polar surface area (TPSA) is 72.2 Å². The maximum absolute atomic E-state index is 12.4. The van der Waals surface area contributed by atoms with Crippen molar-refractivity contribution in [1.29, 1.82) is 0 Å². The third-order valence-electron chi connectivity index (χ3n) is 3.36. The van der Waals surface area contributed by atoms with Crippen molar-refractivity contribution < 1.29 is 9.59 Å². The van der Waals surface area contributed by atoms with Crippen molar-refractivity contribution in [3.8, 4) is 0 Å². The summed E-state index contributed by atoms with van der Waals surface area (Å²) in [6, 6.07) is 5.83. The van der Waals surface area contributed by atoms with Crippen molar-refractivity contribution in [2.24, 2.45) is 0 Å². The van der Waals surface area contributed by atoms with E-state index in [1.807, 2.05) is 32.0 Å². The number of anilines is 2. The van der Waals surface area contributed by atoms with Crippen LogP contribution in [-0.4, -0.2) is 11.7 Å². The summed E-state index contributed by atoms with van der Waals surface area (Å²) in [5.41, 5.74) is 9.84. The highest BCUT2D eigenvalue weighted by Crippen LogP contribution is 2.31. The van der Waals surface area contributed by atoms with E-state index in [0.717, 1.165) is 28.2 Å². The van der Waals surface area contributed by atoms with Gasteiger partial charge in [0.25, 0.3) is 5.91 Å². The van der Waals surface area contributed by atoms with Gasteiger partial charge in [-0.3, -0.25) is 9.59 Å². The number of rotatable bonds is 3. The molecule has 5 heteroatoms. The molecule has 110 valence electrons. The summed E-state index contributed by atoms with van der Waals surface area (Å²) in [5.74, 6) is -0.351. The van der Waals surface area contributed by atoms with Crippen molar-refractivity contribution in [1.82, 2.24) is 0 Å². The third-order valence-corrected chi connectivity index (χ3v) is 4.48. The van der Waals surface area contributed by atoms with Gasteiger partial charge in [0.05, 0.1) is 15.4 Å². The van der Waals surface area contributed by atoms with Gasteiger partial charge in [0.2, 0.25) is 0 Å². The molecular formula is C16H18N2O2S. The average Bonchev–Trinajstić information content (AvgIpc) is 2.68. The van der Waals surface area contributed by atoms with E-state index in [1.165, 1.54) is 6.92 Å². The highest BCUT2D eigenvalue weighted by Gasteiger charge is 2.21. The van der Waals surface area contributed by atoms with E-state index in [0.29, 0.717) is 21.0 Å². The standard InChI is InChI=1S/C16H18N2O2S/c1-8-5-6-12(9(2)7-8)18-16(20)14-10(3)13(11(4)19)15(17)21-14/h5-7H,17H2,1-4H3,(H,18,20). The highest BCUT2D eigenvalue weighted by atomic mass is 32.1. The van der Waals surface area contributed by atoms with Gasteiger partial charge in [0, 0.05) is 5.69 Å². The minimum Gasteiger partial charge on any atom is -0.390 e. The van der Waals surface area contributed by atoms with Crippen molar-refractivity contribution in [3.63, 3.8) is 0 Å². The Bertz CT molecular complexity index is 732. The smallest absolute Gasteiger partial charge is 0.266 e. The van der Waals surface area contributed by atoms with Gasteiger partial charge in [-0.2, -0.15) is 0 Å². The van der Waals surface area contributed by atoms with Crippen LogP contribution in [0.3, 0.4) is 0 Å². The fourth-order valence-corrected chi connectivity index (χ4v) is 3.34. The summed E-state index contributed by atoms with van der Waals surface area (Å²) in [6.07, 6.45) is 0. The normalized spacial score (nSPS) is 10.5. The first-order valence-electron chi connectivity index (χ1n) is 6.59. The quantitative estimate of drug-likeness (QED) is 0.849. The highest BCUT2D eigenvalue weighted by molar-refractivity contribution is 7.18. The van der Waals surface area contributed by atoms with Gasteiger partial charge in [0.1, 0.15) is 0 Å². The van der Waals surface area contributed by atoms with E-state index < -0.39 is 0 Å². The molecule has 2 aromatic rings. The number of benzene rings is 1. The predicted molar refractivity (Wildman–Crippen MR) is 87.3 cm³/mol. The van der Waals surface area contributed by atoms with Gasteiger partial charge in [0.15, 0.2) is 5.78 Å². The number of amides is 1. The Morgan fingerprint density at radius 1 is 1.19 bits per heavy atom. The molecule has 0 saturated heterocycles. The minimum absolute atomic E-state index is 0.119. The van der Waals surface area contributed by atoms with E-state index in [9.17, 15) is 9.59 Å². The Morgan fingerprint density at radius 3 is 2.38 bits per heavy atom. The monoisotopic (exact) mass is 302 g/mol. The number of aryl methyl sites for hydroxylation is 2. The zero-order valence-electron chi connectivity index (χ0n) is 12.5. The van der Waals surface area contributed by atoms with Crippen molar-refractivity contribution in [2.75, 3.05) is 11.1 Å². The molecule has 1 aromatic heterocycles. The molecule has 0 radical (unpaired) electrons. The lowest BCUT2D eigenvalue weighted by Gasteiger charge is -2.08. The molecule has 0 aliphatic heterocycles. The molecule has 0 spiro atoms. The summed E-state index contributed by atoms with van der Waals surface area (Å²) in [5, 5.41) is 3.27. The average molecular weight is 302 g/mol. The number of hydrogen-bond donors (Lipinski definition) is 2. The van der Waals surface area contributed by atoms with Crippen LogP contribution in [0, 0.1) is 20.8 Å². The molecule has 3 N–H and O–H groups in total. The first-order chi connectivity index (χ1) is 9.81. The van der Waals surface area contributed by atoms with Gasteiger partial charge >= 0.3 is 0 Å². The van der Waals surface area contributed by atoms with Crippen LogP contribution in [0.4, 0.5) is 10.7 Å². The van der Waals surface area contributed by atoms with Crippen LogP contribution in [0.15, 0.2) is 18.2 Å². The lowest BCUT2D eigenvalue weighted by molar-refractivity contribution is 0.101. The number of nitrogen functional groups attached to an aromatic ring is 1. The molecule has 0 aliphatic carbocycles. The molecule has 0 fully saturated rings. The maximum atomic E-state index is 12.4. The third kappa shape index (κ3) is 2.97.